The third kappa shape index (κ3) is 6.16. The van der Waals surface area contributed by atoms with E-state index in [0.717, 1.165) is 18.9 Å². The maximum atomic E-state index is 5.88. The van der Waals surface area contributed by atoms with Crippen LogP contribution in [0.1, 0.15) is 53.4 Å². The molecule has 3 atom stereocenters. The summed E-state index contributed by atoms with van der Waals surface area (Å²) in [5.41, 5.74) is 0. The van der Waals surface area contributed by atoms with Crippen LogP contribution >= 0.6 is 0 Å². The molecule has 15 heavy (non-hydrogen) atoms. The molecule has 2 nitrogen and oxygen atoms in total. The topological polar surface area (TPSA) is 18.5 Å². The molecule has 1 aliphatic rings. The molecule has 0 N–H and O–H groups in total. The van der Waals surface area contributed by atoms with Gasteiger partial charge in [0.05, 0.1) is 12.2 Å². The Hall–Kier alpha value is -0.0800. The Kier molecular flexibility index (Phi) is 9.12. The zero-order chi connectivity index (χ0) is 11.7. The van der Waals surface area contributed by atoms with E-state index in [-0.39, 0.29) is 0 Å². The van der Waals surface area contributed by atoms with Crippen molar-refractivity contribution in [2.45, 2.75) is 65.6 Å². The molecule has 0 radical (unpaired) electrons. The molecule has 0 aromatic carbocycles. The molecule has 0 saturated heterocycles. The van der Waals surface area contributed by atoms with E-state index in [2.05, 4.69) is 13.8 Å². The lowest BCUT2D eigenvalue weighted by Crippen LogP contribution is -2.17. The molecule has 0 aromatic rings. The lowest BCUT2D eigenvalue weighted by atomic mass is 10.1. The molecule has 0 aromatic heterocycles. The van der Waals surface area contributed by atoms with Crippen LogP contribution in [0.2, 0.25) is 0 Å². The van der Waals surface area contributed by atoms with E-state index in [1.54, 1.807) is 7.11 Å². The molecule has 0 heterocycles. The lowest BCUT2D eigenvalue weighted by Gasteiger charge is -2.17. The van der Waals surface area contributed by atoms with Gasteiger partial charge in [0.1, 0.15) is 0 Å². The second-order valence-corrected chi connectivity index (χ2v) is 4.11. The van der Waals surface area contributed by atoms with Crippen molar-refractivity contribution in [2.24, 2.45) is 5.92 Å². The highest BCUT2D eigenvalue weighted by Gasteiger charge is 2.25. The van der Waals surface area contributed by atoms with E-state index in [1.165, 1.54) is 19.3 Å². The van der Waals surface area contributed by atoms with Gasteiger partial charge in [0.15, 0.2) is 0 Å². The van der Waals surface area contributed by atoms with E-state index in [0.29, 0.717) is 12.2 Å². The third-order valence-corrected chi connectivity index (χ3v) is 2.90. The van der Waals surface area contributed by atoms with E-state index in [9.17, 15) is 0 Å². The van der Waals surface area contributed by atoms with Crippen molar-refractivity contribution in [3.8, 4) is 0 Å². The maximum Gasteiger partial charge on any atom is 0.0582 e. The van der Waals surface area contributed by atoms with Gasteiger partial charge in [-0.2, -0.15) is 0 Å². The van der Waals surface area contributed by atoms with E-state index in [1.807, 2.05) is 13.8 Å². The number of hydrogen-bond acceptors (Lipinski definition) is 2. The van der Waals surface area contributed by atoms with Gasteiger partial charge in [-0.1, -0.05) is 20.8 Å². The fraction of sp³-hybridized carbons (Fsp3) is 1.00. The molecular weight excluding hydrogens is 188 g/mol. The minimum atomic E-state index is 0.422. The predicted octanol–water partition coefficient (Wildman–Crippen LogP) is 3.64. The summed E-state index contributed by atoms with van der Waals surface area (Å²) in [6.45, 7) is 9.23. The monoisotopic (exact) mass is 216 g/mol. The Morgan fingerprint density at radius 2 is 1.93 bits per heavy atom. The van der Waals surface area contributed by atoms with Gasteiger partial charge in [0.2, 0.25) is 0 Å². The summed E-state index contributed by atoms with van der Waals surface area (Å²) in [5.74, 6) is 0.735. The summed E-state index contributed by atoms with van der Waals surface area (Å²) in [7, 11) is 1.78. The molecule has 1 aliphatic carbocycles. The average molecular weight is 216 g/mol. The van der Waals surface area contributed by atoms with Crippen molar-refractivity contribution in [3.05, 3.63) is 0 Å². The average Bonchev–Trinajstić information content (AvgIpc) is 2.69. The highest BCUT2D eigenvalue weighted by molar-refractivity contribution is 4.76. The van der Waals surface area contributed by atoms with Crippen molar-refractivity contribution in [1.82, 2.24) is 0 Å². The van der Waals surface area contributed by atoms with Crippen LogP contribution in [0.25, 0.3) is 0 Å². The van der Waals surface area contributed by atoms with Crippen molar-refractivity contribution < 1.29 is 9.47 Å². The van der Waals surface area contributed by atoms with Gasteiger partial charge in [-0.15, -0.1) is 0 Å². The lowest BCUT2D eigenvalue weighted by molar-refractivity contribution is -0.00340. The van der Waals surface area contributed by atoms with Gasteiger partial charge in [-0.05, 0) is 38.5 Å². The standard InChI is InChI=1S/C11H22O2.C2H6/c1-4-9(2)13-11-6-5-10(7-11)8-12-3;1-2/h9-11H,4-8H2,1-3H3;1-2H3. The van der Waals surface area contributed by atoms with E-state index < -0.39 is 0 Å². The Bertz CT molecular complexity index is 136. The van der Waals surface area contributed by atoms with Gasteiger partial charge in [0, 0.05) is 13.7 Å². The van der Waals surface area contributed by atoms with Crippen LogP contribution in [0.3, 0.4) is 0 Å². The molecular formula is C13H28O2. The number of rotatable bonds is 5. The summed E-state index contributed by atoms with van der Waals surface area (Å²) in [6.07, 6.45) is 5.72. The second-order valence-electron chi connectivity index (χ2n) is 4.11. The molecule has 0 bridgehead atoms. The van der Waals surface area contributed by atoms with Crippen LogP contribution in [-0.4, -0.2) is 25.9 Å². The predicted molar refractivity (Wildman–Crippen MR) is 65.2 cm³/mol. The molecule has 1 saturated carbocycles. The third-order valence-electron chi connectivity index (χ3n) is 2.90. The van der Waals surface area contributed by atoms with Crippen LogP contribution in [0.5, 0.6) is 0 Å². The largest absolute Gasteiger partial charge is 0.384 e. The molecule has 0 spiro atoms. The Morgan fingerprint density at radius 3 is 2.47 bits per heavy atom. The SMILES string of the molecule is CC.CCC(C)OC1CCC(COC)C1. The van der Waals surface area contributed by atoms with Gasteiger partial charge >= 0.3 is 0 Å². The zero-order valence-corrected chi connectivity index (χ0v) is 11.1. The van der Waals surface area contributed by atoms with Crippen LogP contribution in [0.15, 0.2) is 0 Å². The summed E-state index contributed by atoms with van der Waals surface area (Å²) in [6, 6.07) is 0. The fourth-order valence-electron chi connectivity index (χ4n) is 1.96. The van der Waals surface area contributed by atoms with Gasteiger partial charge in [-0.3, -0.25) is 0 Å². The summed E-state index contributed by atoms with van der Waals surface area (Å²) in [4.78, 5) is 0. The summed E-state index contributed by atoms with van der Waals surface area (Å²) < 4.78 is 11.0. The summed E-state index contributed by atoms with van der Waals surface area (Å²) in [5, 5.41) is 0. The Labute approximate surface area is 95.3 Å². The molecule has 0 amide bonds. The second kappa shape index (κ2) is 9.17. The first-order chi connectivity index (χ1) is 7.26. The molecule has 3 unspecified atom stereocenters. The maximum absolute atomic E-state index is 5.88. The first-order valence-corrected chi connectivity index (χ1v) is 6.40. The first kappa shape index (κ1) is 14.9. The van der Waals surface area contributed by atoms with Crippen molar-refractivity contribution in [2.75, 3.05) is 13.7 Å². The fourth-order valence-corrected chi connectivity index (χ4v) is 1.96. The van der Waals surface area contributed by atoms with E-state index >= 15 is 0 Å². The van der Waals surface area contributed by atoms with E-state index in [4.69, 9.17) is 9.47 Å². The zero-order valence-electron chi connectivity index (χ0n) is 11.1. The summed E-state index contributed by atoms with van der Waals surface area (Å²) >= 11 is 0. The van der Waals surface area contributed by atoms with Crippen LogP contribution in [0.4, 0.5) is 0 Å². The molecule has 92 valence electrons. The Morgan fingerprint density at radius 1 is 1.27 bits per heavy atom. The first-order valence-electron chi connectivity index (χ1n) is 6.40. The van der Waals surface area contributed by atoms with Crippen molar-refractivity contribution >= 4 is 0 Å². The smallest absolute Gasteiger partial charge is 0.0582 e. The van der Waals surface area contributed by atoms with Crippen molar-refractivity contribution in [3.63, 3.8) is 0 Å². The minimum Gasteiger partial charge on any atom is -0.384 e. The number of methoxy groups -OCH3 is 1. The highest BCUT2D eigenvalue weighted by Crippen LogP contribution is 2.28. The molecule has 2 heteroatoms. The molecule has 1 rings (SSSR count). The normalized spacial score (nSPS) is 27.0. The number of ether oxygens (including phenoxy) is 2. The van der Waals surface area contributed by atoms with Crippen molar-refractivity contribution in [1.29, 1.82) is 0 Å². The Balaban J connectivity index is 0.000000921. The molecule has 0 aliphatic heterocycles. The van der Waals surface area contributed by atoms with Crippen LogP contribution < -0.4 is 0 Å². The van der Waals surface area contributed by atoms with Gasteiger partial charge in [-0.25, -0.2) is 0 Å². The van der Waals surface area contributed by atoms with Gasteiger partial charge < -0.3 is 9.47 Å². The molecule has 1 fully saturated rings. The number of hydrogen-bond donors (Lipinski definition) is 0. The highest BCUT2D eigenvalue weighted by atomic mass is 16.5. The van der Waals surface area contributed by atoms with Crippen LogP contribution in [-0.2, 0) is 9.47 Å². The van der Waals surface area contributed by atoms with Crippen LogP contribution in [0, 0.1) is 5.92 Å². The van der Waals surface area contributed by atoms with Gasteiger partial charge in [0.25, 0.3) is 0 Å². The quantitative estimate of drug-likeness (QED) is 0.698. The minimum absolute atomic E-state index is 0.422.